The topological polar surface area (TPSA) is 39.7 Å². The second-order valence-electron chi connectivity index (χ2n) is 6.90. The van der Waals surface area contributed by atoms with Crippen LogP contribution in [0.25, 0.3) is 0 Å². The number of aliphatic imine (C=N–C) groups is 1. The highest BCUT2D eigenvalue weighted by atomic mass is 15.2. The molecule has 1 aliphatic rings. The molecule has 0 radical (unpaired) electrons. The van der Waals surface area contributed by atoms with Crippen LogP contribution in [0, 0.1) is 11.8 Å². The fraction of sp³-hybridized carbons (Fsp3) is 0.632. The Morgan fingerprint density at radius 1 is 1.13 bits per heavy atom. The molecule has 1 saturated heterocycles. The van der Waals surface area contributed by atoms with Gasteiger partial charge in [-0.1, -0.05) is 44.2 Å². The lowest BCUT2D eigenvalue weighted by atomic mass is 9.92. The van der Waals surface area contributed by atoms with Crippen LogP contribution >= 0.6 is 0 Å². The molecule has 4 heteroatoms. The summed E-state index contributed by atoms with van der Waals surface area (Å²) in [5.41, 5.74) is 1.27. The third-order valence-electron chi connectivity index (χ3n) is 4.41. The van der Waals surface area contributed by atoms with E-state index in [0.717, 1.165) is 37.3 Å². The number of nitrogens with one attached hydrogen (secondary N) is 2. The van der Waals surface area contributed by atoms with Gasteiger partial charge in [0.05, 0.1) is 0 Å². The molecule has 1 aliphatic heterocycles. The third-order valence-corrected chi connectivity index (χ3v) is 4.41. The lowest BCUT2D eigenvalue weighted by Gasteiger charge is -2.35. The second kappa shape index (κ2) is 9.56. The highest BCUT2D eigenvalue weighted by Gasteiger charge is 2.20. The monoisotopic (exact) mass is 316 g/mol. The third kappa shape index (κ3) is 6.61. The molecule has 128 valence electrons. The molecule has 0 spiro atoms. The first-order chi connectivity index (χ1) is 11.2. The molecule has 2 atom stereocenters. The van der Waals surface area contributed by atoms with Crippen LogP contribution in [-0.4, -0.2) is 44.1 Å². The molecular weight excluding hydrogens is 284 g/mol. The number of likely N-dealkylation sites (tertiary alicyclic amines) is 1. The van der Waals surface area contributed by atoms with Crippen LogP contribution in [0.5, 0.6) is 0 Å². The zero-order valence-corrected chi connectivity index (χ0v) is 14.9. The van der Waals surface area contributed by atoms with Gasteiger partial charge in [0.15, 0.2) is 5.96 Å². The van der Waals surface area contributed by atoms with Crippen LogP contribution in [-0.2, 0) is 6.54 Å². The Morgan fingerprint density at radius 2 is 1.83 bits per heavy atom. The summed E-state index contributed by atoms with van der Waals surface area (Å²) in [5.74, 6) is 2.56. The normalized spacial score (nSPS) is 22.8. The average Bonchev–Trinajstić information content (AvgIpc) is 2.54. The summed E-state index contributed by atoms with van der Waals surface area (Å²) >= 11 is 0. The van der Waals surface area contributed by atoms with E-state index < -0.39 is 0 Å². The molecule has 1 aromatic carbocycles. The first-order valence-electron chi connectivity index (χ1n) is 8.88. The minimum atomic E-state index is 0.807. The molecule has 1 fully saturated rings. The van der Waals surface area contributed by atoms with Gasteiger partial charge in [-0.3, -0.25) is 4.99 Å². The highest BCUT2D eigenvalue weighted by Crippen LogP contribution is 2.20. The van der Waals surface area contributed by atoms with Gasteiger partial charge >= 0.3 is 0 Å². The molecule has 4 nitrogen and oxygen atoms in total. The Morgan fingerprint density at radius 3 is 2.48 bits per heavy atom. The van der Waals surface area contributed by atoms with Gasteiger partial charge in [-0.15, -0.1) is 0 Å². The van der Waals surface area contributed by atoms with Gasteiger partial charge in [-0.25, -0.2) is 0 Å². The number of hydrogen-bond donors (Lipinski definition) is 2. The van der Waals surface area contributed by atoms with E-state index in [1.807, 2.05) is 13.1 Å². The molecule has 0 saturated carbocycles. The maximum Gasteiger partial charge on any atom is 0.191 e. The Hall–Kier alpha value is -1.55. The average molecular weight is 316 g/mol. The van der Waals surface area contributed by atoms with E-state index in [4.69, 9.17) is 0 Å². The van der Waals surface area contributed by atoms with E-state index in [1.165, 1.54) is 31.6 Å². The van der Waals surface area contributed by atoms with Gasteiger partial charge in [0.25, 0.3) is 0 Å². The zero-order valence-electron chi connectivity index (χ0n) is 14.9. The maximum absolute atomic E-state index is 4.29. The lowest BCUT2D eigenvalue weighted by molar-refractivity contribution is 0.140. The SMILES string of the molecule is CN=C(NCCCN1CC(C)CC(C)C1)NCc1ccccc1. The smallest absolute Gasteiger partial charge is 0.191 e. The van der Waals surface area contributed by atoms with Gasteiger partial charge in [0, 0.05) is 33.2 Å². The number of piperidine rings is 1. The summed E-state index contributed by atoms with van der Waals surface area (Å²) in [6.45, 7) is 10.2. The second-order valence-corrected chi connectivity index (χ2v) is 6.90. The summed E-state index contributed by atoms with van der Waals surface area (Å²) in [5, 5.41) is 6.78. The lowest BCUT2D eigenvalue weighted by Crippen LogP contribution is -2.41. The fourth-order valence-corrected chi connectivity index (χ4v) is 3.49. The van der Waals surface area contributed by atoms with E-state index in [1.54, 1.807) is 0 Å². The van der Waals surface area contributed by atoms with Crippen LogP contribution in [0.3, 0.4) is 0 Å². The molecule has 0 bridgehead atoms. The number of rotatable bonds is 6. The van der Waals surface area contributed by atoms with Crippen molar-refractivity contribution in [2.24, 2.45) is 16.8 Å². The minimum absolute atomic E-state index is 0.807. The van der Waals surface area contributed by atoms with E-state index in [0.29, 0.717) is 0 Å². The van der Waals surface area contributed by atoms with Crippen LogP contribution in [0.2, 0.25) is 0 Å². The van der Waals surface area contributed by atoms with Gasteiger partial charge in [0.1, 0.15) is 0 Å². The van der Waals surface area contributed by atoms with Crippen LogP contribution < -0.4 is 10.6 Å². The predicted molar refractivity (Wildman–Crippen MR) is 98.6 cm³/mol. The van der Waals surface area contributed by atoms with E-state index in [9.17, 15) is 0 Å². The first kappa shape index (κ1) is 17.8. The maximum atomic E-state index is 4.29. The van der Waals surface area contributed by atoms with Crippen LogP contribution in [0.15, 0.2) is 35.3 Å². The Balaban J connectivity index is 1.62. The van der Waals surface area contributed by atoms with E-state index >= 15 is 0 Å². The quantitative estimate of drug-likeness (QED) is 0.481. The Bertz CT molecular complexity index is 462. The molecule has 2 rings (SSSR count). The van der Waals surface area contributed by atoms with Gasteiger partial charge in [-0.05, 0) is 36.8 Å². The fourth-order valence-electron chi connectivity index (χ4n) is 3.49. The summed E-state index contributed by atoms with van der Waals surface area (Å²) in [4.78, 5) is 6.90. The van der Waals surface area contributed by atoms with Gasteiger partial charge in [-0.2, -0.15) is 0 Å². The van der Waals surface area contributed by atoms with Crippen molar-refractivity contribution in [3.8, 4) is 0 Å². The van der Waals surface area contributed by atoms with Crippen molar-refractivity contribution < 1.29 is 0 Å². The number of guanidine groups is 1. The molecule has 0 aliphatic carbocycles. The molecule has 23 heavy (non-hydrogen) atoms. The molecule has 1 heterocycles. The summed E-state index contributed by atoms with van der Waals surface area (Å²) in [6.07, 6.45) is 2.54. The first-order valence-corrected chi connectivity index (χ1v) is 8.88. The minimum Gasteiger partial charge on any atom is -0.356 e. The largest absolute Gasteiger partial charge is 0.356 e. The van der Waals surface area contributed by atoms with Gasteiger partial charge < -0.3 is 15.5 Å². The van der Waals surface area contributed by atoms with E-state index in [2.05, 4.69) is 58.6 Å². The molecule has 2 N–H and O–H groups in total. The summed E-state index contributed by atoms with van der Waals surface area (Å²) < 4.78 is 0. The molecule has 0 amide bonds. The van der Waals surface area contributed by atoms with Crippen LogP contribution in [0.1, 0.15) is 32.3 Å². The van der Waals surface area contributed by atoms with Crippen molar-refractivity contribution in [1.82, 2.24) is 15.5 Å². The van der Waals surface area contributed by atoms with Crippen LogP contribution in [0.4, 0.5) is 0 Å². The van der Waals surface area contributed by atoms with Crippen molar-refractivity contribution in [2.75, 3.05) is 33.2 Å². The Kier molecular flexibility index (Phi) is 7.40. The van der Waals surface area contributed by atoms with Crippen molar-refractivity contribution in [1.29, 1.82) is 0 Å². The van der Waals surface area contributed by atoms with Crippen molar-refractivity contribution in [2.45, 2.75) is 33.2 Å². The molecule has 2 unspecified atom stereocenters. The number of hydrogen-bond acceptors (Lipinski definition) is 2. The van der Waals surface area contributed by atoms with Crippen molar-refractivity contribution >= 4 is 5.96 Å². The van der Waals surface area contributed by atoms with Crippen molar-refractivity contribution in [3.05, 3.63) is 35.9 Å². The van der Waals surface area contributed by atoms with E-state index in [-0.39, 0.29) is 0 Å². The summed E-state index contributed by atoms with van der Waals surface area (Å²) in [6, 6.07) is 10.4. The zero-order chi connectivity index (χ0) is 16.5. The molecule has 0 aromatic heterocycles. The molecular formula is C19H32N4. The predicted octanol–water partition coefficient (Wildman–Crippen LogP) is 2.72. The van der Waals surface area contributed by atoms with Crippen molar-refractivity contribution in [3.63, 3.8) is 0 Å². The standard InChI is InChI=1S/C19H32N4/c1-16-12-17(2)15-23(14-16)11-7-10-21-19(20-3)22-13-18-8-5-4-6-9-18/h4-6,8-9,16-17H,7,10-15H2,1-3H3,(H2,20,21,22). The van der Waals surface area contributed by atoms with Gasteiger partial charge in [0.2, 0.25) is 0 Å². The molecule has 1 aromatic rings. The number of benzene rings is 1. The highest BCUT2D eigenvalue weighted by molar-refractivity contribution is 5.79. The number of nitrogens with zero attached hydrogens (tertiary/aromatic N) is 2. The Labute approximate surface area is 141 Å². The summed E-state index contributed by atoms with van der Waals surface area (Å²) in [7, 11) is 1.83.